The second-order valence-corrected chi connectivity index (χ2v) is 9.38. The molecule has 5 nitrogen and oxygen atoms in total. The van der Waals surface area contributed by atoms with Crippen LogP contribution in [0, 0.1) is 6.92 Å². The van der Waals surface area contributed by atoms with Crippen LogP contribution in [0.25, 0.3) is 10.9 Å². The van der Waals surface area contributed by atoms with Gasteiger partial charge in [-0.3, -0.25) is 14.7 Å². The van der Waals surface area contributed by atoms with Crippen molar-refractivity contribution in [3.8, 4) is 0 Å². The van der Waals surface area contributed by atoms with Gasteiger partial charge in [0.05, 0.1) is 6.42 Å². The second-order valence-electron chi connectivity index (χ2n) is 8.94. The highest BCUT2D eigenvalue weighted by Crippen LogP contribution is 2.48. The van der Waals surface area contributed by atoms with E-state index >= 15 is 0 Å². The summed E-state index contributed by atoms with van der Waals surface area (Å²) in [6.45, 7) is 5.88. The van der Waals surface area contributed by atoms with Crippen LogP contribution in [0.15, 0.2) is 36.5 Å². The molecule has 0 saturated carbocycles. The van der Waals surface area contributed by atoms with Gasteiger partial charge in [0.2, 0.25) is 0 Å². The summed E-state index contributed by atoms with van der Waals surface area (Å²) >= 11 is 6.42. The summed E-state index contributed by atoms with van der Waals surface area (Å²) in [5.41, 5.74) is 5.85. The highest BCUT2D eigenvalue weighted by molar-refractivity contribution is 6.31. The molecule has 5 rings (SSSR count). The Kier molecular flexibility index (Phi) is 5.27. The number of benzene rings is 1. The molecule has 2 aliphatic heterocycles. The van der Waals surface area contributed by atoms with Crippen LogP contribution in [0.1, 0.15) is 60.7 Å². The van der Waals surface area contributed by atoms with Crippen molar-refractivity contribution in [2.45, 2.75) is 64.1 Å². The van der Waals surface area contributed by atoms with Crippen LogP contribution < -0.4 is 0 Å². The van der Waals surface area contributed by atoms with Gasteiger partial charge < -0.3 is 9.67 Å². The van der Waals surface area contributed by atoms with E-state index in [2.05, 4.69) is 33.5 Å². The van der Waals surface area contributed by atoms with Crippen LogP contribution in [0.5, 0.6) is 0 Å². The van der Waals surface area contributed by atoms with Gasteiger partial charge in [-0.05, 0) is 61.7 Å². The van der Waals surface area contributed by atoms with Gasteiger partial charge in [-0.2, -0.15) is 0 Å². The number of likely N-dealkylation sites (N-methyl/N-ethyl adjacent to an activating group) is 1. The average molecular weight is 438 g/mol. The topological polar surface area (TPSA) is 58.4 Å². The monoisotopic (exact) mass is 437 g/mol. The lowest BCUT2D eigenvalue weighted by molar-refractivity contribution is -0.137. The minimum atomic E-state index is -0.781. The van der Waals surface area contributed by atoms with Crippen molar-refractivity contribution in [1.29, 1.82) is 0 Å². The van der Waals surface area contributed by atoms with Crippen LogP contribution in [-0.2, 0) is 17.8 Å². The number of carboxylic acids is 1. The molecular weight excluding hydrogens is 410 g/mol. The first-order valence-electron chi connectivity index (χ1n) is 11.2. The Morgan fingerprint density at radius 1 is 1.29 bits per heavy atom. The van der Waals surface area contributed by atoms with Crippen LogP contribution in [0.4, 0.5) is 0 Å². The highest BCUT2D eigenvalue weighted by atomic mass is 35.5. The molecular formula is C25H28ClN3O2. The summed E-state index contributed by atoms with van der Waals surface area (Å²) in [5, 5.41) is 11.6. The van der Waals surface area contributed by atoms with Crippen LogP contribution in [-0.4, -0.2) is 38.1 Å². The molecule has 3 unspecified atom stereocenters. The lowest BCUT2D eigenvalue weighted by atomic mass is 9.95. The zero-order valence-electron chi connectivity index (χ0n) is 18.0. The SMILES string of the molecule is CCN1C2CCC1c1c(n(CC(CC(=O)O)c3ccc(C)nc3)c3ccc(Cl)cc13)C2. The Labute approximate surface area is 187 Å². The number of fused-ring (bicyclic) bond motifs is 6. The van der Waals surface area contributed by atoms with E-state index in [-0.39, 0.29) is 12.3 Å². The maximum absolute atomic E-state index is 11.7. The number of aryl methyl sites for hydroxylation is 1. The van der Waals surface area contributed by atoms with Gasteiger partial charge in [0.15, 0.2) is 0 Å². The van der Waals surface area contributed by atoms with E-state index in [1.54, 1.807) is 0 Å². The fraction of sp³-hybridized carbons (Fsp3) is 0.440. The van der Waals surface area contributed by atoms with Crippen molar-refractivity contribution in [2.75, 3.05) is 6.54 Å². The number of aliphatic carboxylic acids is 1. The molecule has 4 heterocycles. The van der Waals surface area contributed by atoms with Crippen molar-refractivity contribution in [3.63, 3.8) is 0 Å². The van der Waals surface area contributed by atoms with E-state index in [9.17, 15) is 9.90 Å². The van der Waals surface area contributed by atoms with Crippen molar-refractivity contribution >= 4 is 28.5 Å². The zero-order chi connectivity index (χ0) is 21.7. The van der Waals surface area contributed by atoms with Crippen LogP contribution in [0.3, 0.4) is 0 Å². The van der Waals surface area contributed by atoms with Crippen LogP contribution in [0.2, 0.25) is 5.02 Å². The van der Waals surface area contributed by atoms with Crippen LogP contribution >= 0.6 is 11.6 Å². The average Bonchev–Trinajstić information content (AvgIpc) is 3.20. The van der Waals surface area contributed by atoms with Crippen molar-refractivity contribution < 1.29 is 9.90 Å². The molecule has 0 amide bonds. The van der Waals surface area contributed by atoms with Gasteiger partial charge >= 0.3 is 5.97 Å². The fourth-order valence-electron chi connectivity index (χ4n) is 5.81. The molecule has 2 aliphatic rings. The molecule has 3 atom stereocenters. The van der Waals surface area contributed by atoms with Gasteiger partial charge in [0.1, 0.15) is 0 Å². The molecule has 162 valence electrons. The highest BCUT2D eigenvalue weighted by Gasteiger charge is 2.42. The summed E-state index contributed by atoms with van der Waals surface area (Å²) < 4.78 is 2.38. The maximum Gasteiger partial charge on any atom is 0.304 e. The van der Waals surface area contributed by atoms with Gasteiger partial charge in [0.25, 0.3) is 0 Å². The lowest BCUT2D eigenvalue weighted by Crippen LogP contribution is -2.37. The molecule has 1 aromatic carbocycles. The minimum Gasteiger partial charge on any atom is -0.481 e. The third-order valence-electron chi connectivity index (χ3n) is 7.18. The first-order valence-corrected chi connectivity index (χ1v) is 11.5. The quantitative estimate of drug-likeness (QED) is 0.565. The summed E-state index contributed by atoms with van der Waals surface area (Å²) in [7, 11) is 0. The molecule has 0 radical (unpaired) electrons. The number of rotatable bonds is 6. The second kappa shape index (κ2) is 7.95. The standard InChI is InChI=1S/C25H28ClN3O2/c1-3-28-19-7-9-22(28)25-20-11-18(26)6-8-21(20)29(23(25)12-19)14-17(10-24(30)31)16-5-4-15(2)27-13-16/h4-6,8,11,13,17,19,22H,3,7,9-10,12,14H2,1-2H3,(H,30,31). The van der Waals surface area contributed by atoms with Gasteiger partial charge in [-0.1, -0.05) is 24.6 Å². The zero-order valence-corrected chi connectivity index (χ0v) is 18.8. The van der Waals surface area contributed by atoms with E-state index in [1.807, 2.05) is 31.3 Å². The number of hydrogen-bond donors (Lipinski definition) is 1. The molecule has 0 aliphatic carbocycles. The molecule has 1 fully saturated rings. The van der Waals surface area contributed by atoms with E-state index in [0.717, 1.165) is 34.8 Å². The predicted molar refractivity (Wildman–Crippen MR) is 123 cm³/mol. The number of carboxylic acid groups (broad SMARTS) is 1. The van der Waals surface area contributed by atoms with Gasteiger partial charge in [-0.25, -0.2) is 0 Å². The fourth-order valence-corrected chi connectivity index (χ4v) is 5.99. The largest absolute Gasteiger partial charge is 0.481 e. The van der Waals surface area contributed by atoms with E-state index < -0.39 is 5.97 Å². The predicted octanol–water partition coefficient (Wildman–Crippen LogP) is 5.34. The number of pyridine rings is 1. The molecule has 31 heavy (non-hydrogen) atoms. The Bertz CT molecular complexity index is 1140. The third kappa shape index (κ3) is 3.54. The summed E-state index contributed by atoms with van der Waals surface area (Å²) in [6.07, 6.45) is 5.33. The molecule has 6 heteroatoms. The molecule has 2 bridgehead atoms. The van der Waals surface area contributed by atoms with Gasteiger partial charge in [-0.15, -0.1) is 0 Å². The Hall–Kier alpha value is -2.37. The van der Waals surface area contributed by atoms with Crippen molar-refractivity contribution in [1.82, 2.24) is 14.5 Å². The van der Waals surface area contributed by atoms with Crippen molar-refractivity contribution in [2.24, 2.45) is 0 Å². The van der Waals surface area contributed by atoms with Gasteiger partial charge in [0, 0.05) is 64.5 Å². The summed E-state index contributed by atoms with van der Waals surface area (Å²) in [5.74, 6) is -0.918. The molecule has 3 aromatic rings. The molecule has 1 saturated heterocycles. The third-order valence-corrected chi connectivity index (χ3v) is 7.41. The van der Waals surface area contributed by atoms with E-state index in [1.165, 1.54) is 29.5 Å². The number of nitrogens with zero attached hydrogens (tertiary/aromatic N) is 3. The van der Waals surface area contributed by atoms with Crippen molar-refractivity contribution in [3.05, 3.63) is 64.1 Å². The Morgan fingerprint density at radius 2 is 2.13 bits per heavy atom. The minimum absolute atomic E-state index is 0.0840. The lowest BCUT2D eigenvalue weighted by Gasteiger charge is -2.35. The number of aromatic nitrogens is 2. The maximum atomic E-state index is 11.7. The smallest absolute Gasteiger partial charge is 0.304 e. The summed E-state index contributed by atoms with van der Waals surface area (Å²) in [4.78, 5) is 18.8. The number of carbonyl (C=O) groups is 1. The molecule has 1 N–H and O–H groups in total. The summed E-state index contributed by atoms with van der Waals surface area (Å²) in [6, 6.07) is 11.1. The number of halogens is 1. The van der Waals surface area contributed by atoms with E-state index in [4.69, 9.17) is 11.6 Å². The first-order chi connectivity index (χ1) is 15.0. The van der Waals surface area contributed by atoms with E-state index in [0.29, 0.717) is 18.6 Å². The Balaban J connectivity index is 1.64. The molecule has 0 spiro atoms. The number of hydrogen-bond acceptors (Lipinski definition) is 3. The molecule has 2 aromatic heterocycles. The first kappa shape index (κ1) is 20.5. The Morgan fingerprint density at radius 3 is 2.84 bits per heavy atom. The normalized spacial score (nSPS) is 21.4.